The number of hydrogen-bond acceptors (Lipinski definition) is 8. The molecule has 1 amide bonds. The van der Waals surface area contributed by atoms with Crippen LogP contribution in [-0.2, 0) is 21.4 Å². The van der Waals surface area contributed by atoms with Crippen molar-refractivity contribution >= 4 is 29.6 Å². The van der Waals surface area contributed by atoms with Crippen molar-refractivity contribution in [2.24, 2.45) is 7.05 Å². The first-order valence-electron chi connectivity index (χ1n) is 12.6. The van der Waals surface area contributed by atoms with Crippen LogP contribution >= 0.6 is 0 Å². The maximum atomic E-state index is 13.5. The third kappa shape index (κ3) is 6.96. The van der Waals surface area contributed by atoms with Gasteiger partial charge in [-0.25, -0.2) is 9.48 Å². The van der Waals surface area contributed by atoms with Gasteiger partial charge in [-0.3, -0.25) is 19.1 Å². The molecule has 4 rings (SSSR count). The van der Waals surface area contributed by atoms with Crippen LogP contribution in [0.3, 0.4) is 0 Å². The molecule has 3 atom stereocenters. The zero-order valence-corrected chi connectivity index (χ0v) is 22.4. The molecule has 1 saturated heterocycles. The van der Waals surface area contributed by atoms with Crippen LogP contribution in [0.2, 0.25) is 0 Å². The van der Waals surface area contributed by atoms with Crippen molar-refractivity contribution in [1.82, 2.24) is 24.5 Å². The first kappa shape index (κ1) is 31.4. The van der Waals surface area contributed by atoms with E-state index in [2.05, 4.69) is 15.5 Å². The van der Waals surface area contributed by atoms with E-state index in [-0.39, 0.29) is 24.4 Å². The van der Waals surface area contributed by atoms with E-state index in [9.17, 15) is 32.3 Å². The second-order valence-corrected chi connectivity index (χ2v) is 10.1. The monoisotopic (exact) mass is 588 g/mol. The zero-order valence-electron chi connectivity index (χ0n) is 22.4. The largest absolute Gasteiger partial charge is 0.481 e. The fourth-order valence-electron chi connectivity index (χ4n) is 4.83. The molecule has 2 aliphatic rings. The number of hydrogen-bond donors (Lipinski definition) is 5. The van der Waals surface area contributed by atoms with Gasteiger partial charge in [0.25, 0.3) is 5.91 Å². The van der Waals surface area contributed by atoms with Crippen molar-refractivity contribution < 1.29 is 52.8 Å². The Morgan fingerprint density at radius 2 is 1.73 bits per heavy atom. The number of carboxylic acid groups (broad SMARTS) is 3. The number of aliphatic carboxylic acids is 3. The van der Waals surface area contributed by atoms with Crippen LogP contribution in [0.5, 0.6) is 0 Å². The normalized spacial score (nSPS) is 20.5. The number of aromatic nitrogens is 4. The minimum absolute atomic E-state index is 0.0696. The third-order valence-corrected chi connectivity index (χ3v) is 7.00. The number of carbonyl (C=O) groups is 4. The molecular weight excluding hydrogens is 557 g/mol. The van der Waals surface area contributed by atoms with Crippen molar-refractivity contribution in [3.05, 3.63) is 29.2 Å². The van der Waals surface area contributed by atoms with Crippen LogP contribution in [0, 0.1) is 6.92 Å². The number of nitrogens with zero attached hydrogens (tertiary/aromatic N) is 5. The molecule has 5 N–H and O–H groups in total. The highest BCUT2D eigenvalue weighted by atomic mass is 19.4. The lowest BCUT2D eigenvalue weighted by Gasteiger charge is -2.31. The minimum atomic E-state index is -4.37. The Morgan fingerprint density at radius 1 is 1.12 bits per heavy atom. The van der Waals surface area contributed by atoms with Gasteiger partial charge in [-0.15, -0.1) is 0 Å². The number of alkyl halides is 3. The fourth-order valence-corrected chi connectivity index (χ4v) is 4.83. The number of rotatable bonds is 7. The Labute approximate surface area is 231 Å². The minimum Gasteiger partial charge on any atom is -0.481 e. The maximum Gasteiger partial charge on any atom is 0.410 e. The molecule has 0 aromatic carbocycles. The van der Waals surface area contributed by atoms with E-state index in [4.69, 9.17) is 20.4 Å². The number of amides is 1. The molecule has 4 heterocycles. The molecule has 226 valence electrons. The van der Waals surface area contributed by atoms with Gasteiger partial charge < -0.3 is 30.6 Å². The van der Waals surface area contributed by atoms with Crippen molar-refractivity contribution in [2.75, 3.05) is 11.9 Å². The molecule has 0 radical (unpaired) electrons. The third-order valence-electron chi connectivity index (χ3n) is 7.00. The van der Waals surface area contributed by atoms with Crippen molar-refractivity contribution in [3.63, 3.8) is 0 Å². The van der Waals surface area contributed by atoms with Gasteiger partial charge in [-0.05, 0) is 33.1 Å². The van der Waals surface area contributed by atoms with E-state index < -0.39 is 48.6 Å². The van der Waals surface area contributed by atoms with Crippen molar-refractivity contribution in [2.45, 2.75) is 75.9 Å². The van der Waals surface area contributed by atoms with E-state index in [1.165, 1.54) is 6.20 Å². The van der Waals surface area contributed by atoms with Gasteiger partial charge in [-0.2, -0.15) is 23.4 Å². The fraction of sp³-hybridized carbons (Fsp3) is 0.583. The van der Waals surface area contributed by atoms with Gasteiger partial charge in [0.2, 0.25) is 0 Å². The zero-order chi connectivity index (χ0) is 30.9. The number of aryl methyl sites for hydroxylation is 1. The van der Waals surface area contributed by atoms with E-state index in [1.54, 1.807) is 29.6 Å². The van der Waals surface area contributed by atoms with Crippen LogP contribution < -0.4 is 5.32 Å². The summed E-state index contributed by atoms with van der Waals surface area (Å²) in [6.07, 6.45) is -3.73. The number of likely N-dealkylation sites (tertiary alicyclic amines) is 1. The van der Waals surface area contributed by atoms with E-state index >= 15 is 0 Å². The second-order valence-electron chi connectivity index (χ2n) is 10.1. The highest BCUT2D eigenvalue weighted by molar-refractivity contribution is 5.95. The Bertz CT molecular complexity index is 1310. The molecule has 1 fully saturated rings. The number of aliphatic hydroxyl groups is 1. The molecule has 1 unspecified atom stereocenters. The first-order valence-corrected chi connectivity index (χ1v) is 12.6. The molecule has 2 aromatic rings. The molecule has 0 spiro atoms. The summed E-state index contributed by atoms with van der Waals surface area (Å²) in [4.78, 5) is 45.2. The summed E-state index contributed by atoms with van der Waals surface area (Å²) in [7, 11) is 1.77. The van der Waals surface area contributed by atoms with Gasteiger partial charge in [0.1, 0.15) is 5.82 Å². The number of carboxylic acids is 3. The highest BCUT2D eigenvalue weighted by Crippen LogP contribution is 2.41. The van der Waals surface area contributed by atoms with Crippen LogP contribution in [0.15, 0.2) is 12.3 Å². The Hall–Kier alpha value is -4.15. The lowest BCUT2D eigenvalue weighted by atomic mass is 9.96. The standard InChI is InChI=1S/C18H23F3N6O.C6H8O7/c1-10-7-15(18(19,20)21)27-16(23-10)8-13(24-27)14-5-4-6-26(14)17(28)12-9-22-25(3)11(12)2;7-3(8)1-6(13,5(11)12)2-4(9)10/h8-10,14-15,23H,4-7H2,1-3H3;13H,1-2H2,(H,7,8)(H,9,10)(H,11,12)/t10-,14?,15-;/m1./s1. The number of fused-ring (bicyclic) bond motifs is 1. The van der Waals surface area contributed by atoms with Gasteiger partial charge >= 0.3 is 24.1 Å². The van der Waals surface area contributed by atoms with Crippen LogP contribution in [0.1, 0.15) is 72.9 Å². The maximum absolute atomic E-state index is 13.5. The molecular formula is C24H31F3N6O8. The molecule has 41 heavy (non-hydrogen) atoms. The van der Waals surface area contributed by atoms with Crippen molar-refractivity contribution in [3.8, 4) is 0 Å². The molecule has 0 bridgehead atoms. The molecule has 17 heteroatoms. The van der Waals surface area contributed by atoms with Gasteiger partial charge in [-0.1, -0.05) is 0 Å². The molecule has 0 saturated carbocycles. The van der Waals surface area contributed by atoms with Gasteiger partial charge in [0, 0.05) is 31.4 Å². The predicted molar refractivity (Wildman–Crippen MR) is 133 cm³/mol. The molecule has 2 aliphatic heterocycles. The Kier molecular flexibility index (Phi) is 9.00. The molecule has 14 nitrogen and oxygen atoms in total. The lowest BCUT2D eigenvalue weighted by molar-refractivity contribution is -0.173. The molecule has 2 aromatic heterocycles. The first-order chi connectivity index (χ1) is 18.9. The number of anilines is 1. The summed E-state index contributed by atoms with van der Waals surface area (Å²) >= 11 is 0. The van der Waals surface area contributed by atoms with E-state index in [0.29, 0.717) is 30.0 Å². The Morgan fingerprint density at radius 3 is 2.22 bits per heavy atom. The summed E-state index contributed by atoms with van der Waals surface area (Å²) < 4.78 is 43.1. The number of halogens is 3. The van der Waals surface area contributed by atoms with Crippen LogP contribution in [-0.4, -0.2) is 93.1 Å². The van der Waals surface area contributed by atoms with E-state index in [1.807, 2.05) is 6.92 Å². The SMILES string of the molecule is Cc1c(C(=O)N2CCCC2c2cc3n(n2)[C@@H](C(F)(F)F)C[C@@H](C)N3)cnn1C.O=C(O)CC(O)(CC(=O)O)C(=O)O. The average molecular weight is 589 g/mol. The average Bonchev–Trinajstić information content (AvgIpc) is 3.55. The number of nitrogens with one attached hydrogen (secondary N) is 1. The lowest BCUT2D eigenvalue weighted by Crippen LogP contribution is -2.42. The quantitative estimate of drug-likeness (QED) is 0.317. The summed E-state index contributed by atoms with van der Waals surface area (Å²) in [5.41, 5.74) is -0.971. The van der Waals surface area contributed by atoms with Crippen LogP contribution in [0.25, 0.3) is 0 Å². The predicted octanol–water partition coefficient (Wildman–Crippen LogP) is 1.96. The Balaban J connectivity index is 0.000000302. The summed E-state index contributed by atoms with van der Waals surface area (Å²) in [5, 5.41) is 45.3. The van der Waals surface area contributed by atoms with Gasteiger partial charge in [0.05, 0.1) is 36.3 Å². The summed E-state index contributed by atoms with van der Waals surface area (Å²) in [6, 6.07) is -0.640. The van der Waals surface area contributed by atoms with Crippen LogP contribution in [0.4, 0.5) is 19.0 Å². The topological polar surface area (TPSA) is 200 Å². The smallest absolute Gasteiger partial charge is 0.410 e. The summed E-state index contributed by atoms with van der Waals surface area (Å²) in [6.45, 7) is 4.10. The second kappa shape index (κ2) is 11.8. The van der Waals surface area contributed by atoms with E-state index in [0.717, 1.165) is 16.8 Å². The van der Waals surface area contributed by atoms with Gasteiger partial charge in [0.15, 0.2) is 11.6 Å². The van der Waals surface area contributed by atoms with Crippen molar-refractivity contribution in [1.29, 1.82) is 0 Å². The highest BCUT2D eigenvalue weighted by Gasteiger charge is 2.46. The summed E-state index contributed by atoms with van der Waals surface area (Å²) in [5.74, 6) is -4.82. The number of carbonyl (C=O) groups excluding carboxylic acids is 1. The molecule has 0 aliphatic carbocycles.